The summed E-state index contributed by atoms with van der Waals surface area (Å²) in [6.07, 6.45) is 1.20. The minimum absolute atomic E-state index is 0.351. The number of benzene rings is 1. The Bertz CT molecular complexity index is 549. The molecule has 0 unspecified atom stereocenters. The summed E-state index contributed by atoms with van der Waals surface area (Å²) in [6.45, 7) is 4.07. The number of aromatic nitrogens is 2. The number of aryl methyl sites for hydroxylation is 1. The van der Waals surface area contributed by atoms with Crippen LogP contribution in [0.5, 0.6) is 0 Å². The Balaban J connectivity index is 2.20. The van der Waals surface area contributed by atoms with Crippen molar-refractivity contribution in [3.8, 4) is 11.3 Å². The van der Waals surface area contributed by atoms with Crippen molar-refractivity contribution in [2.75, 3.05) is 11.9 Å². The smallest absolute Gasteiger partial charge is 0.411 e. The molecular weight excluding hydrogens is 230 g/mol. The van der Waals surface area contributed by atoms with Gasteiger partial charge in [-0.25, -0.2) is 9.78 Å². The third kappa shape index (κ3) is 2.68. The Labute approximate surface area is 105 Å². The molecule has 5 nitrogen and oxygen atoms in total. The van der Waals surface area contributed by atoms with Crippen molar-refractivity contribution in [1.82, 2.24) is 9.97 Å². The summed E-state index contributed by atoms with van der Waals surface area (Å²) < 4.78 is 4.83. The molecule has 1 aromatic carbocycles. The van der Waals surface area contributed by atoms with Gasteiger partial charge in [0.2, 0.25) is 0 Å². The molecule has 0 spiro atoms. The number of nitrogens with zero attached hydrogens (tertiary/aromatic N) is 1. The molecule has 1 heterocycles. The molecule has 2 aromatic rings. The van der Waals surface area contributed by atoms with Gasteiger partial charge in [-0.3, -0.25) is 5.32 Å². The van der Waals surface area contributed by atoms with E-state index in [2.05, 4.69) is 15.3 Å². The zero-order valence-electron chi connectivity index (χ0n) is 10.4. The summed E-state index contributed by atoms with van der Waals surface area (Å²) >= 11 is 0. The van der Waals surface area contributed by atoms with Crippen LogP contribution < -0.4 is 5.32 Å². The first kappa shape index (κ1) is 12.2. The fourth-order valence-corrected chi connectivity index (χ4v) is 1.68. The predicted molar refractivity (Wildman–Crippen MR) is 69.4 cm³/mol. The normalized spacial score (nSPS) is 10.1. The van der Waals surface area contributed by atoms with Crippen LogP contribution in [0.25, 0.3) is 11.3 Å². The van der Waals surface area contributed by atoms with Gasteiger partial charge in [-0.2, -0.15) is 0 Å². The first-order valence-corrected chi connectivity index (χ1v) is 5.75. The molecule has 0 bridgehead atoms. The monoisotopic (exact) mass is 245 g/mol. The van der Waals surface area contributed by atoms with Gasteiger partial charge in [0, 0.05) is 16.9 Å². The predicted octanol–water partition coefficient (Wildman–Crippen LogP) is 2.95. The van der Waals surface area contributed by atoms with Gasteiger partial charge >= 0.3 is 6.09 Å². The maximum Gasteiger partial charge on any atom is 0.411 e. The molecule has 0 aliphatic rings. The highest BCUT2D eigenvalue weighted by Crippen LogP contribution is 2.22. The molecule has 0 aliphatic heterocycles. The lowest BCUT2D eigenvalue weighted by Gasteiger charge is -2.06. The Morgan fingerprint density at radius 3 is 3.00 bits per heavy atom. The van der Waals surface area contributed by atoms with Crippen LogP contribution in [0.3, 0.4) is 0 Å². The molecule has 0 saturated heterocycles. The molecular formula is C13H15N3O2. The number of imidazole rings is 1. The highest BCUT2D eigenvalue weighted by Gasteiger charge is 2.07. The van der Waals surface area contributed by atoms with Gasteiger partial charge in [-0.1, -0.05) is 12.1 Å². The summed E-state index contributed by atoms with van der Waals surface area (Å²) in [5.74, 6) is 0. The van der Waals surface area contributed by atoms with Gasteiger partial charge < -0.3 is 9.72 Å². The molecule has 5 heteroatoms. The van der Waals surface area contributed by atoms with Crippen LogP contribution in [-0.4, -0.2) is 22.7 Å². The number of rotatable bonds is 3. The molecule has 0 atom stereocenters. The van der Waals surface area contributed by atoms with Crippen molar-refractivity contribution in [2.24, 2.45) is 0 Å². The van der Waals surface area contributed by atoms with Gasteiger partial charge in [0.15, 0.2) is 0 Å². The molecule has 18 heavy (non-hydrogen) atoms. The SMILES string of the molecule is CCOC(=O)Nc1cccc(-c2nc[nH]c2C)c1. The second kappa shape index (κ2) is 5.35. The van der Waals surface area contributed by atoms with Gasteiger partial charge in [-0.05, 0) is 26.0 Å². The fourth-order valence-electron chi connectivity index (χ4n) is 1.68. The number of hydrogen-bond donors (Lipinski definition) is 2. The first-order chi connectivity index (χ1) is 8.70. The fraction of sp³-hybridized carbons (Fsp3) is 0.231. The molecule has 94 valence electrons. The van der Waals surface area contributed by atoms with E-state index in [1.54, 1.807) is 13.3 Å². The number of anilines is 1. The number of amides is 1. The van der Waals surface area contributed by atoms with Crippen LogP contribution in [0.15, 0.2) is 30.6 Å². The average molecular weight is 245 g/mol. The van der Waals surface area contributed by atoms with E-state index in [1.165, 1.54) is 0 Å². The zero-order valence-corrected chi connectivity index (χ0v) is 10.4. The summed E-state index contributed by atoms with van der Waals surface area (Å²) in [5.41, 5.74) is 3.50. The highest BCUT2D eigenvalue weighted by molar-refractivity contribution is 5.85. The maximum absolute atomic E-state index is 11.3. The molecule has 0 saturated carbocycles. The molecule has 0 fully saturated rings. The Kier molecular flexibility index (Phi) is 3.62. The first-order valence-electron chi connectivity index (χ1n) is 5.75. The number of ether oxygens (including phenoxy) is 1. The van der Waals surface area contributed by atoms with Crippen molar-refractivity contribution in [1.29, 1.82) is 0 Å². The summed E-state index contributed by atoms with van der Waals surface area (Å²) in [4.78, 5) is 18.6. The topological polar surface area (TPSA) is 67.0 Å². The number of carbonyl (C=O) groups excluding carboxylic acids is 1. The van der Waals surface area contributed by atoms with Crippen LogP contribution in [0, 0.1) is 6.92 Å². The minimum Gasteiger partial charge on any atom is -0.450 e. The van der Waals surface area contributed by atoms with E-state index in [0.717, 1.165) is 17.0 Å². The number of carbonyl (C=O) groups is 1. The van der Waals surface area contributed by atoms with E-state index >= 15 is 0 Å². The second-order valence-electron chi connectivity index (χ2n) is 3.80. The van der Waals surface area contributed by atoms with Crippen molar-refractivity contribution >= 4 is 11.8 Å². The van der Waals surface area contributed by atoms with E-state index in [1.807, 2.05) is 31.2 Å². The van der Waals surface area contributed by atoms with E-state index in [9.17, 15) is 4.79 Å². The minimum atomic E-state index is -0.451. The van der Waals surface area contributed by atoms with Gasteiger partial charge in [0.1, 0.15) is 0 Å². The lowest BCUT2D eigenvalue weighted by molar-refractivity contribution is 0.168. The lowest BCUT2D eigenvalue weighted by atomic mass is 10.1. The number of hydrogen-bond acceptors (Lipinski definition) is 3. The Morgan fingerprint density at radius 2 is 2.33 bits per heavy atom. The van der Waals surface area contributed by atoms with Crippen LogP contribution in [0.2, 0.25) is 0 Å². The summed E-state index contributed by atoms with van der Waals surface area (Å²) in [6, 6.07) is 7.48. The summed E-state index contributed by atoms with van der Waals surface area (Å²) in [7, 11) is 0. The summed E-state index contributed by atoms with van der Waals surface area (Å²) in [5, 5.41) is 2.67. The lowest BCUT2D eigenvalue weighted by Crippen LogP contribution is -2.13. The maximum atomic E-state index is 11.3. The van der Waals surface area contributed by atoms with Crippen LogP contribution >= 0.6 is 0 Å². The quantitative estimate of drug-likeness (QED) is 0.873. The van der Waals surface area contributed by atoms with Crippen LogP contribution in [0.4, 0.5) is 10.5 Å². The molecule has 0 aliphatic carbocycles. The molecule has 1 amide bonds. The molecule has 2 N–H and O–H groups in total. The van der Waals surface area contributed by atoms with E-state index in [4.69, 9.17) is 4.74 Å². The number of H-pyrrole nitrogens is 1. The third-order valence-electron chi connectivity index (χ3n) is 2.49. The number of aromatic amines is 1. The molecule has 1 aromatic heterocycles. The van der Waals surface area contributed by atoms with E-state index in [-0.39, 0.29) is 0 Å². The Morgan fingerprint density at radius 1 is 1.50 bits per heavy atom. The van der Waals surface area contributed by atoms with Crippen molar-refractivity contribution in [2.45, 2.75) is 13.8 Å². The molecule has 2 rings (SSSR count). The highest BCUT2D eigenvalue weighted by atomic mass is 16.5. The zero-order chi connectivity index (χ0) is 13.0. The van der Waals surface area contributed by atoms with Gasteiger partial charge in [-0.15, -0.1) is 0 Å². The average Bonchev–Trinajstić information content (AvgIpc) is 2.76. The van der Waals surface area contributed by atoms with Crippen molar-refractivity contribution < 1.29 is 9.53 Å². The van der Waals surface area contributed by atoms with Crippen molar-refractivity contribution in [3.63, 3.8) is 0 Å². The van der Waals surface area contributed by atoms with Crippen LogP contribution in [0.1, 0.15) is 12.6 Å². The third-order valence-corrected chi connectivity index (χ3v) is 2.49. The largest absolute Gasteiger partial charge is 0.450 e. The second-order valence-corrected chi connectivity index (χ2v) is 3.80. The van der Waals surface area contributed by atoms with Gasteiger partial charge in [0.05, 0.1) is 18.6 Å². The van der Waals surface area contributed by atoms with Crippen molar-refractivity contribution in [3.05, 3.63) is 36.3 Å². The Hall–Kier alpha value is -2.30. The van der Waals surface area contributed by atoms with Crippen LogP contribution in [-0.2, 0) is 4.74 Å². The number of nitrogens with one attached hydrogen (secondary N) is 2. The van der Waals surface area contributed by atoms with Gasteiger partial charge in [0.25, 0.3) is 0 Å². The standard InChI is InChI=1S/C13H15N3O2/c1-3-18-13(17)16-11-6-4-5-10(7-11)12-9(2)14-8-15-12/h4-8H,3H2,1-2H3,(H,14,15)(H,16,17). The van der Waals surface area contributed by atoms with E-state index in [0.29, 0.717) is 12.3 Å². The van der Waals surface area contributed by atoms with E-state index < -0.39 is 6.09 Å². The molecule has 0 radical (unpaired) electrons.